The number of carbonyl (C=O) groups excluding carboxylic acids is 2. The van der Waals surface area contributed by atoms with Crippen LogP contribution in [0.15, 0.2) is 0 Å². The first-order chi connectivity index (χ1) is 15.2. The van der Waals surface area contributed by atoms with Crippen molar-refractivity contribution < 1.29 is 28.5 Å². The standard InChI is InChI=1S/C23H44ClNO6/c1-28-16-17-30-20-21-31-19-18-29-15-14-25-23(27)13-11-9-7-5-3-2-4-6-8-10-12-22(24)26/h2-21H2,1H3,(H,25,27). The van der Waals surface area contributed by atoms with Crippen LogP contribution >= 0.6 is 11.6 Å². The van der Waals surface area contributed by atoms with Crippen molar-refractivity contribution in [3.63, 3.8) is 0 Å². The molecule has 0 aromatic heterocycles. The third kappa shape index (κ3) is 27.2. The first kappa shape index (κ1) is 30.3. The van der Waals surface area contributed by atoms with Gasteiger partial charge < -0.3 is 24.3 Å². The molecule has 0 rings (SSSR count). The van der Waals surface area contributed by atoms with Gasteiger partial charge in [-0.1, -0.05) is 51.4 Å². The summed E-state index contributed by atoms with van der Waals surface area (Å²) in [5.41, 5.74) is 0. The lowest BCUT2D eigenvalue weighted by atomic mass is 10.1. The smallest absolute Gasteiger partial charge is 0.221 e. The van der Waals surface area contributed by atoms with E-state index in [-0.39, 0.29) is 11.1 Å². The van der Waals surface area contributed by atoms with E-state index in [0.717, 1.165) is 25.7 Å². The molecule has 0 bridgehead atoms. The van der Waals surface area contributed by atoms with Crippen molar-refractivity contribution in [1.82, 2.24) is 5.32 Å². The van der Waals surface area contributed by atoms with Gasteiger partial charge in [0, 0.05) is 26.5 Å². The SMILES string of the molecule is COCCOCCOCCOCCNC(=O)CCCCCCCCCCCCC(=O)Cl. The topological polar surface area (TPSA) is 83.1 Å². The Morgan fingerprint density at radius 1 is 0.613 bits per heavy atom. The molecule has 0 saturated carbocycles. The van der Waals surface area contributed by atoms with Crippen molar-refractivity contribution in [3.8, 4) is 0 Å². The van der Waals surface area contributed by atoms with Crippen LogP contribution in [0.2, 0.25) is 0 Å². The fourth-order valence-electron chi connectivity index (χ4n) is 3.00. The van der Waals surface area contributed by atoms with Crippen LogP contribution in [-0.4, -0.2) is 71.1 Å². The van der Waals surface area contributed by atoms with Gasteiger partial charge in [-0.2, -0.15) is 0 Å². The van der Waals surface area contributed by atoms with Crippen molar-refractivity contribution in [3.05, 3.63) is 0 Å². The lowest BCUT2D eigenvalue weighted by Crippen LogP contribution is -2.27. The average molecular weight is 466 g/mol. The van der Waals surface area contributed by atoms with Crippen molar-refractivity contribution >= 4 is 22.8 Å². The molecule has 0 aromatic carbocycles. The molecule has 0 saturated heterocycles. The summed E-state index contributed by atoms with van der Waals surface area (Å²) >= 11 is 5.31. The van der Waals surface area contributed by atoms with Crippen molar-refractivity contribution in [1.29, 1.82) is 0 Å². The number of rotatable bonds is 25. The van der Waals surface area contributed by atoms with Gasteiger partial charge in [0.1, 0.15) is 0 Å². The van der Waals surface area contributed by atoms with Gasteiger partial charge in [0.25, 0.3) is 0 Å². The van der Waals surface area contributed by atoms with Crippen molar-refractivity contribution in [2.24, 2.45) is 0 Å². The second kappa shape index (κ2) is 25.5. The first-order valence-electron chi connectivity index (χ1n) is 11.8. The lowest BCUT2D eigenvalue weighted by molar-refractivity contribution is -0.121. The molecule has 31 heavy (non-hydrogen) atoms. The van der Waals surface area contributed by atoms with Crippen LogP contribution in [-0.2, 0) is 28.5 Å². The third-order valence-electron chi connectivity index (χ3n) is 4.77. The molecule has 0 fully saturated rings. The van der Waals surface area contributed by atoms with Gasteiger partial charge in [-0.25, -0.2) is 0 Å². The van der Waals surface area contributed by atoms with Crippen LogP contribution in [0.1, 0.15) is 77.0 Å². The molecule has 7 nitrogen and oxygen atoms in total. The maximum Gasteiger partial charge on any atom is 0.221 e. The molecular formula is C23H44ClNO6. The monoisotopic (exact) mass is 465 g/mol. The lowest BCUT2D eigenvalue weighted by Gasteiger charge is -2.08. The Balaban J connectivity index is 3.16. The molecule has 0 aliphatic heterocycles. The van der Waals surface area contributed by atoms with Gasteiger partial charge in [0.2, 0.25) is 11.1 Å². The van der Waals surface area contributed by atoms with Crippen LogP contribution < -0.4 is 5.32 Å². The highest BCUT2D eigenvalue weighted by molar-refractivity contribution is 6.63. The zero-order valence-corrected chi connectivity index (χ0v) is 20.2. The van der Waals surface area contributed by atoms with Crippen LogP contribution in [0.5, 0.6) is 0 Å². The highest BCUT2D eigenvalue weighted by Crippen LogP contribution is 2.12. The number of amides is 1. The molecule has 0 unspecified atom stereocenters. The molecule has 0 spiro atoms. The number of hydrogen-bond acceptors (Lipinski definition) is 6. The van der Waals surface area contributed by atoms with E-state index in [9.17, 15) is 9.59 Å². The first-order valence-corrected chi connectivity index (χ1v) is 12.2. The number of hydrogen-bond donors (Lipinski definition) is 1. The van der Waals surface area contributed by atoms with Gasteiger partial charge in [0.05, 0.1) is 46.2 Å². The van der Waals surface area contributed by atoms with E-state index >= 15 is 0 Å². The molecule has 8 heteroatoms. The summed E-state index contributed by atoms with van der Waals surface area (Å²) in [5, 5.41) is 2.67. The zero-order valence-electron chi connectivity index (χ0n) is 19.5. The molecule has 0 aliphatic rings. The number of carbonyl (C=O) groups is 2. The van der Waals surface area contributed by atoms with Crippen molar-refractivity contribution in [2.75, 3.05) is 59.9 Å². The number of ether oxygens (including phenoxy) is 4. The van der Waals surface area contributed by atoms with E-state index in [1.54, 1.807) is 7.11 Å². The van der Waals surface area contributed by atoms with E-state index < -0.39 is 0 Å². The Morgan fingerprint density at radius 2 is 1.03 bits per heavy atom. The summed E-state index contributed by atoms with van der Waals surface area (Å²) in [6.07, 6.45) is 12.5. The predicted octanol–water partition coefficient (Wildman–Crippen LogP) is 4.25. The Labute approximate surface area is 193 Å². The molecule has 0 atom stereocenters. The van der Waals surface area contributed by atoms with E-state index in [1.165, 1.54) is 38.5 Å². The highest BCUT2D eigenvalue weighted by Gasteiger charge is 2.01. The number of methoxy groups -OCH3 is 1. The van der Waals surface area contributed by atoms with E-state index in [2.05, 4.69) is 5.32 Å². The molecular weight excluding hydrogens is 422 g/mol. The van der Waals surface area contributed by atoms with Gasteiger partial charge in [-0.05, 0) is 24.4 Å². The quantitative estimate of drug-likeness (QED) is 0.160. The second-order valence-electron chi connectivity index (χ2n) is 7.57. The summed E-state index contributed by atoms with van der Waals surface area (Å²) in [4.78, 5) is 22.4. The van der Waals surface area contributed by atoms with Gasteiger partial charge >= 0.3 is 0 Å². The number of nitrogens with one attached hydrogen (secondary N) is 1. The van der Waals surface area contributed by atoms with E-state index in [4.69, 9.17) is 30.5 Å². The maximum absolute atomic E-state index is 11.8. The summed E-state index contributed by atoms with van der Waals surface area (Å²) in [6.45, 7) is 4.35. The molecule has 0 aliphatic carbocycles. The third-order valence-corrected chi connectivity index (χ3v) is 4.96. The normalized spacial score (nSPS) is 11.0. The van der Waals surface area contributed by atoms with Gasteiger partial charge in [-0.15, -0.1) is 0 Å². The Bertz CT molecular complexity index is 412. The molecule has 1 N–H and O–H groups in total. The molecule has 0 heterocycles. The van der Waals surface area contributed by atoms with Crippen molar-refractivity contribution in [2.45, 2.75) is 77.0 Å². The maximum atomic E-state index is 11.8. The molecule has 0 aromatic rings. The fraction of sp³-hybridized carbons (Fsp3) is 0.913. The summed E-state index contributed by atoms with van der Waals surface area (Å²) in [5.74, 6) is 0.100. The highest BCUT2D eigenvalue weighted by atomic mass is 35.5. The minimum atomic E-state index is -0.223. The number of halogens is 1. The van der Waals surface area contributed by atoms with Crippen LogP contribution in [0, 0.1) is 0 Å². The number of unbranched alkanes of at least 4 members (excludes halogenated alkanes) is 9. The molecule has 1 amide bonds. The Hall–Kier alpha value is -0.730. The zero-order chi connectivity index (χ0) is 22.8. The molecule has 184 valence electrons. The largest absolute Gasteiger partial charge is 0.382 e. The molecule has 0 radical (unpaired) electrons. The fourth-order valence-corrected chi connectivity index (χ4v) is 3.13. The summed E-state index contributed by atoms with van der Waals surface area (Å²) in [6, 6.07) is 0. The van der Waals surface area contributed by atoms with Crippen LogP contribution in [0.3, 0.4) is 0 Å². The van der Waals surface area contributed by atoms with Crippen LogP contribution in [0.25, 0.3) is 0 Å². The average Bonchev–Trinajstić information content (AvgIpc) is 2.75. The second-order valence-corrected chi connectivity index (χ2v) is 7.99. The van der Waals surface area contributed by atoms with Gasteiger partial charge in [0.15, 0.2) is 0 Å². The van der Waals surface area contributed by atoms with Gasteiger partial charge in [-0.3, -0.25) is 9.59 Å². The minimum absolute atomic E-state index is 0.100. The Morgan fingerprint density at radius 3 is 1.52 bits per heavy atom. The van der Waals surface area contributed by atoms with Crippen LogP contribution in [0.4, 0.5) is 0 Å². The Kier molecular flexibility index (Phi) is 24.9. The van der Waals surface area contributed by atoms with E-state index in [1.807, 2.05) is 0 Å². The summed E-state index contributed by atoms with van der Waals surface area (Å²) in [7, 11) is 1.64. The minimum Gasteiger partial charge on any atom is -0.382 e. The van der Waals surface area contributed by atoms with E-state index in [0.29, 0.717) is 65.6 Å². The summed E-state index contributed by atoms with van der Waals surface area (Å²) < 4.78 is 21.0. The predicted molar refractivity (Wildman–Crippen MR) is 124 cm³/mol.